The van der Waals surface area contributed by atoms with Gasteiger partial charge in [0.2, 0.25) is 0 Å². The molecular formula is C51H37NO. The zero-order valence-electron chi connectivity index (χ0n) is 29.5. The first kappa shape index (κ1) is 31.1. The lowest BCUT2D eigenvalue weighted by Gasteiger charge is -2.45. The Bertz CT molecular complexity index is 2780. The monoisotopic (exact) mass is 679 g/mol. The van der Waals surface area contributed by atoms with E-state index >= 15 is 0 Å². The van der Waals surface area contributed by atoms with Crippen LogP contribution in [0.2, 0.25) is 0 Å². The van der Waals surface area contributed by atoms with E-state index in [1.807, 2.05) is 18.2 Å². The number of rotatable bonds is 3. The quantitative estimate of drug-likeness (QED) is 0.181. The highest BCUT2D eigenvalue weighted by atomic mass is 16.5. The van der Waals surface area contributed by atoms with Crippen molar-refractivity contribution in [1.82, 2.24) is 4.57 Å². The molecular weight excluding hydrogens is 643 g/mol. The largest absolute Gasteiger partial charge is 0.457 e. The average Bonchev–Trinajstić information content (AvgIpc) is 3.56. The number of aryl methyl sites for hydroxylation is 1. The zero-order chi connectivity index (χ0) is 35.4. The summed E-state index contributed by atoms with van der Waals surface area (Å²) >= 11 is 0. The van der Waals surface area contributed by atoms with Gasteiger partial charge in [0.05, 0.1) is 22.1 Å². The molecule has 252 valence electrons. The smallest absolute Gasteiger partial charge is 0.132 e. The first-order valence-corrected chi connectivity index (χ1v) is 18.4. The molecule has 0 bridgehead atoms. The van der Waals surface area contributed by atoms with Crippen LogP contribution in [0, 0.1) is 6.92 Å². The van der Waals surface area contributed by atoms with Gasteiger partial charge in [-0.15, -0.1) is 0 Å². The van der Waals surface area contributed by atoms with Gasteiger partial charge in [0, 0.05) is 21.9 Å². The van der Waals surface area contributed by atoms with Crippen LogP contribution in [-0.2, 0) is 11.8 Å². The Labute approximate surface area is 310 Å². The van der Waals surface area contributed by atoms with E-state index in [0.29, 0.717) is 0 Å². The first-order chi connectivity index (χ1) is 26.2. The Morgan fingerprint density at radius 3 is 1.85 bits per heavy atom. The first-order valence-electron chi connectivity index (χ1n) is 18.4. The minimum absolute atomic E-state index is 0.544. The molecule has 0 N–H and O–H groups in total. The van der Waals surface area contributed by atoms with Crippen LogP contribution in [0.1, 0.15) is 38.9 Å². The lowest BCUT2D eigenvalue weighted by atomic mass is 9.61. The van der Waals surface area contributed by atoms with Gasteiger partial charge in [0.25, 0.3) is 0 Å². The average molecular weight is 680 g/mol. The molecule has 1 spiro atoms. The number of para-hydroxylation sites is 4. The number of hydrogen-bond donors (Lipinski definition) is 0. The molecule has 0 saturated carbocycles. The molecule has 0 saturated heterocycles. The van der Waals surface area contributed by atoms with Crippen molar-refractivity contribution in [2.75, 3.05) is 0 Å². The second-order valence-corrected chi connectivity index (χ2v) is 14.1. The van der Waals surface area contributed by atoms with Crippen molar-refractivity contribution in [3.05, 3.63) is 233 Å². The van der Waals surface area contributed by atoms with E-state index in [1.54, 1.807) is 0 Å². The topological polar surface area (TPSA) is 14.2 Å². The number of hydrogen-bond acceptors (Lipinski definition) is 1. The van der Waals surface area contributed by atoms with Gasteiger partial charge in [0.1, 0.15) is 11.5 Å². The number of nitrogens with zero attached hydrogens (tertiary/aromatic N) is 1. The van der Waals surface area contributed by atoms with Crippen LogP contribution in [0.3, 0.4) is 0 Å². The summed E-state index contributed by atoms with van der Waals surface area (Å²) in [7, 11) is 0. The maximum absolute atomic E-state index is 6.73. The van der Waals surface area contributed by atoms with Crippen LogP contribution in [0.4, 0.5) is 0 Å². The SMILES string of the molecule is Cc1ccccc1.c1ccc(-c2ccc(Cc3ccc4c(c3)C3(c5ccccc5O4)c4ccccc4-n4c5ccccc5c5cccc3c54)cc2)cc1. The van der Waals surface area contributed by atoms with E-state index in [-0.39, 0.29) is 0 Å². The van der Waals surface area contributed by atoms with Gasteiger partial charge < -0.3 is 9.30 Å². The Balaban J connectivity index is 0.000000451. The van der Waals surface area contributed by atoms with Crippen molar-refractivity contribution < 1.29 is 4.74 Å². The molecule has 1 atom stereocenters. The molecule has 8 aromatic carbocycles. The highest BCUT2D eigenvalue weighted by Crippen LogP contribution is 2.60. The van der Waals surface area contributed by atoms with Gasteiger partial charge in [-0.3, -0.25) is 0 Å². The third-order valence-electron chi connectivity index (χ3n) is 11.0. The van der Waals surface area contributed by atoms with Crippen LogP contribution in [0.25, 0.3) is 38.6 Å². The van der Waals surface area contributed by atoms with Gasteiger partial charge >= 0.3 is 0 Å². The van der Waals surface area contributed by atoms with Gasteiger partial charge in [-0.2, -0.15) is 0 Å². The Kier molecular flexibility index (Phi) is 7.37. The standard InChI is InChI=1S/C44H29NO.C7H8/c1-2-11-31(12-3-1)32-24-21-29(22-25-32)27-30-23-26-42-38(28-30)44(36-16-6-9-20-41(36)46-42)35-15-5-8-19-40(35)45-39-18-7-4-13-33(39)34-14-10-17-37(44)43(34)45;1-7-5-3-2-4-6-7/h1-26,28H,27H2;2-6H,1H3. The van der Waals surface area contributed by atoms with Crippen molar-refractivity contribution in [3.63, 3.8) is 0 Å². The van der Waals surface area contributed by atoms with E-state index in [4.69, 9.17) is 4.74 Å². The van der Waals surface area contributed by atoms with E-state index in [2.05, 4.69) is 187 Å². The van der Waals surface area contributed by atoms with E-state index in [1.165, 1.54) is 77.6 Å². The summed E-state index contributed by atoms with van der Waals surface area (Å²) in [6.45, 7) is 2.08. The maximum Gasteiger partial charge on any atom is 0.132 e. The molecule has 3 heterocycles. The fourth-order valence-electron chi connectivity index (χ4n) is 8.70. The summed E-state index contributed by atoms with van der Waals surface area (Å²) in [5.41, 5.74) is 14.5. The van der Waals surface area contributed by atoms with Crippen LogP contribution in [-0.4, -0.2) is 4.57 Å². The molecule has 0 aliphatic carbocycles. The van der Waals surface area contributed by atoms with Crippen LogP contribution in [0.5, 0.6) is 11.5 Å². The molecule has 2 heteroatoms. The third kappa shape index (κ3) is 4.94. The summed E-state index contributed by atoms with van der Waals surface area (Å²) in [6.07, 6.45) is 0.839. The van der Waals surface area contributed by atoms with Crippen molar-refractivity contribution in [1.29, 1.82) is 0 Å². The number of fused-ring (bicyclic) bond motifs is 11. The molecule has 2 nitrogen and oxygen atoms in total. The highest BCUT2D eigenvalue weighted by Gasteiger charge is 2.50. The molecule has 11 rings (SSSR count). The van der Waals surface area contributed by atoms with E-state index in [0.717, 1.165) is 17.9 Å². The number of aromatic nitrogens is 1. The van der Waals surface area contributed by atoms with Crippen LogP contribution < -0.4 is 4.74 Å². The van der Waals surface area contributed by atoms with E-state index < -0.39 is 5.41 Å². The molecule has 1 aromatic heterocycles. The highest BCUT2D eigenvalue weighted by molar-refractivity contribution is 6.12. The van der Waals surface area contributed by atoms with Gasteiger partial charge in [-0.05, 0) is 71.0 Å². The molecule has 2 aliphatic rings. The summed E-state index contributed by atoms with van der Waals surface area (Å²) < 4.78 is 9.21. The Morgan fingerprint density at radius 2 is 1.06 bits per heavy atom. The molecule has 0 amide bonds. The summed E-state index contributed by atoms with van der Waals surface area (Å²) in [6, 6.07) is 69.9. The summed E-state index contributed by atoms with van der Waals surface area (Å²) in [5.74, 6) is 1.83. The minimum atomic E-state index is -0.544. The van der Waals surface area contributed by atoms with E-state index in [9.17, 15) is 0 Å². The van der Waals surface area contributed by atoms with Crippen molar-refractivity contribution in [2.45, 2.75) is 18.8 Å². The van der Waals surface area contributed by atoms with Gasteiger partial charge in [-0.1, -0.05) is 175 Å². The molecule has 1 unspecified atom stereocenters. The lowest BCUT2D eigenvalue weighted by Crippen LogP contribution is -2.37. The molecule has 2 aliphatic heterocycles. The number of ether oxygens (including phenoxy) is 1. The fraction of sp³-hybridized carbons (Fsp3) is 0.0588. The predicted octanol–water partition coefficient (Wildman–Crippen LogP) is 12.8. The normalized spacial score (nSPS) is 14.8. The summed E-state index contributed by atoms with van der Waals surface area (Å²) in [5, 5.41) is 2.56. The van der Waals surface area contributed by atoms with Crippen molar-refractivity contribution in [2.24, 2.45) is 0 Å². The predicted molar refractivity (Wildman–Crippen MR) is 219 cm³/mol. The number of benzene rings is 8. The van der Waals surface area contributed by atoms with Crippen molar-refractivity contribution >= 4 is 21.8 Å². The van der Waals surface area contributed by atoms with Gasteiger partial charge in [-0.25, -0.2) is 0 Å². The fourth-order valence-corrected chi connectivity index (χ4v) is 8.70. The molecule has 9 aromatic rings. The Morgan fingerprint density at radius 1 is 0.453 bits per heavy atom. The van der Waals surface area contributed by atoms with Gasteiger partial charge in [0.15, 0.2) is 0 Å². The molecule has 0 fully saturated rings. The third-order valence-corrected chi connectivity index (χ3v) is 11.0. The second-order valence-electron chi connectivity index (χ2n) is 14.1. The van der Waals surface area contributed by atoms with Crippen LogP contribution in [0.15, 0.2) is 194 Å². The maximum atomic E-state index is 6.73. The summed E-state index contributed by atoms with van der Waals surface area (Å²) in [4.78, 5) is 0. The second kappa shape index (κ2) is 12.5. The minimum Gasteiger partial charge on any atom is -0.457 e. The molecule has 53 heavy (non-hydrogen) atoms. The van der Waals surface area contributed by atoms with Crippen LogP contribution >= 0.6 is 0 Å². The molecule has 0 radical (unpaired) electrons. The van der Waals surface area contributed by atoms with Crippen molar-refractivity contribution in [3.8, 4) is 28.3 Å². The lowest BCUT2D eigenvalue weighted by molar-refractivity contribution is 0.433. The zero-order valence-corrected chi connectivity index (χ0v) is 29.5. The Hall–Kier alpha value is -6.64.